The fourth-order valence-electron chi connectivity index (χ4n) is 2.71. The average molecular weight is 349 g/mol. The van der Waals surface area contributed by atoms with Crippen molar-refractivity contribution >= 4 is 25.4 Å². The van der Waals surface area contributed by atoms with Crippen molar-refractivity contribution in [3.05, 3.63) is 54.3 Å². The molecule has 0 aromatic heterocycles. The van der Waals surface area contributed by atoms with Crippen LogP contribution in [0.4, 0.5) is 0 Å². The van der Waals surface area contributed by atoms with Crippen LogP contribution in [-0.2, 0) is 14.3 Å². The van der Waals surface area contributed by atoms with Gasteiger partial charge in [0.05, 0.1) is 0 Å². The van der Waals surface area contributed by atoms with E-state index in [0.29, 0.717) is 21.6 Å². The van der Waals surface area contributed by atoms with Crippen LogP contribution in [0.5, 0.6) is 0 Å². The first kappa shape index (κ1) is 14.4. The van der Waals surface area contributed by atoms with Crippen molar-refractivity contribution in [2.75, 3.05) is 6.61 Å². The third kappa shape index (κ3) is 3.22. The van der Waals surface area contributed by atoms with E-state index in [1.54, 1.807) is 0 Å². The third-order valence-corrected chi connectivity index (χ3v) is 5.87. The Morgan fingerprint density at radius 1 is 1.33 bits per heavy atom. The zero-order valence-electron chi connectivity index (χ0n) is 11.9. The van der Waals surface area contributed by atoms with Gasteiger partial charge >= 0.3 is 131 Å². The Kier molecular flexibility index (Phi) is 4.47. The first-order valence-corrected chi connectivity index (χ1v) is 9.19. The van der Waals surface area contributed by atoms with Crippen molar-refractivity contribution in [3.63, 3.8) is 0 Å². The van der Waals surface area contributed by atoms with E-state index in [0.717, 1.165) is 11.1 Å². The molecule has 2 aliphatic heterocycles. The van der Waals surface area contributed by atoms with Gasteiger partial charge in [-0.2, -0.15) is 0 Å². The van der Waals surface area contributed by atoms with E-state index in [1.165, 1.54) is 4.46 Å². The second-order valence-corrected chi connectivity index (χ2v) is 7.36. The summed E-state index contributed by atoms with van der Waals surface area (Å²) in [6.45, 7) is 2.44. The predicted octanol–water partition coefficient (Wildman–Crippen LogP) is 2.08. The van der Waals surface area contributed by atoms with E-state index >= 15 is 0 Å². The summed E-state index contributed by atoms with van der Waals surface area (Å²) in [5.41, 5.74) is 0. The molecule has 21 heavy (non-hydrogen) atoms. The molecule has 4 heteroatoms. The average Bonchev–Trinajstić information content (AvgIpc) is 2.88. The summed E-state index contributed by atoms with van der Waals surface area (Å²) in [5, 5.41) is 0.919. The second kappa shape index (κ2) is 6.50. The van der Waals surface area contributed by atoms with Crippen molar-refractivity contribution in [3.8, 4) is 0 Å². The van der Waals surface area contributed by atoms with Crippen molar-refractivity contribution in [1.82, 2.24) is 0 Å². The molecule has 0 unspecified atom stereocenters. The SMILES string of the molecule is C/C=C/[C@@H]1OC(C[Se]c2ccccc2)=C[C@H]2COC(=O)[C@@H]12. The van der Waals surface area contributed by atoms with Crippen LogP contribution in [-0.4, -0.2) is 33.6 Å². The van der Waals surface area contributed by atoms with Crippen LogP contribution in [0.1, 0.15) is 6.92 Å². The molecule has 0 radical (unpaired) electrons. The number of hydrogen-bond acceptors (Lipinski definition) is 3. The Balaban J connectivity index is 1.71. The summed E-state index contributed by atoms with van der Waals surface area (Å²) in [4.78, 5) is 11.8. The second-order valence-electron chi connectivity index (χ2n) is 5.16. The standard InChI is InChI=1S/C17H18O3Se/c1-2-6-15-16-12(10-19-17(16)18)9-13(20-15)11-21-14-7-4-3-5-8-14/h2-9,12,15-16H,10-11H2,1H3/b6-2+/t12-,15-,16+/m0/s1. The number of benzene rings is 1. The van der Waals surface area contributed by atoms with Crippen LogP contribution in [0, 0.1) is 11.8 Å². The number of cyclic esters (lactones) is 1. The van der Waals surface area contributed by atoms with Gasteiger partial charge in [-0.3, -0.25) is 0 Å². The molecule has 3 atom stereocenters. The molecule has 3 rings (SSSR count). The van der Waals surface area contributed by atoms with Crippen molar-refractivity contribution < 1.29 is 14.3 Å². The van der Waals surface area contributed by atoms with Gasteiger partial charge in [-0.05, 0) is 0 Å². The summed E-state index contributed by atoms with van der Waals surface area (Å²) >= 11 is 0.351. The van der Waals surface area contributed by atoms with E-state index in [2.05, 4.69) is 30.3 Å². The quantitative estimate of drug-likeness (QED) is 0.474. The molecule has 0 spiro atoms. The minimum atomic E-state index is -0.179. The van der Waals surface area contributed by atoms with Gasteiger partial charge in [0.2, 0.25) is 0 Å². The number of fused-ring (bicyclic) bond motifs is 1. The van der Waals surface area contributed by atoms with Crippen LogP contribution in [0.15, 0.2) is 54.3 Å². The molecular formula is C17H18O3Se. The molecule has 0 N–H and O–H groups in total. The van der Waals surface area contributed by atoms with Gasteiger partial charge in [-0.15, -0.1) is 0 Å². The van der Waals surface area contributed by atoms with Crippen LogP contribution < -0.4 is 4.46 Å². The summed E-state index contributed by atoms with van der Waals surface area (Å²) in [7, 11) is 0. The van der Waals surface area contributed by atoms with Gasteiger partial charge in [0.15, 0.2) is 0 Å². The van der Waals surface area contributed by atoms with Gasteiger partial charge in [-0.25, -0.2) is 0 Å². The van der Waals surface area contributed by atoms with Crippen molar-refractivity contribution in [1.29, 1.82) is 0 Å². The molecule has 0 saturated carbocycles. The van der Waals surface area contributed by atoms with Crippen LogP contribution in [0.2, 0.25) is 5.32 Å². The number of carbonyl (C=O) groups excluding carboxylic acids is 1. The van der Waals surface area contributed by atoms with E-state index in [4.69, 9.17) is 9.47 Å². The van der Waals surface area contributed by atoms with E-state index in [9.17, 15) is 4.79 Å². The Morgan fingerprint density at radius 2 is 2.14 bits per heavy atom. The number of ether oxygens (including phenoxy) is 2. The molecule has 0 bridgehead atoms. The fraction of sp³-hybridized carbons (Fsp3) is 0.353. The van der Waals surface area contributed by atoms with Crippen LogP contribution >= 0.6 is 0 Å². The molecule has 0 amide bonds. The maximum absolute atomic E-state index is 11.8. The Hall–Kier alpha value is -1.51. The molecule has 2 heterocycles. The topological polar surface area (TPSA) is 35.5 Å². The Morgan fingerprint density at radius 3 is 2.90 bits per heavy atom. The van der Waals surface area contributed by atoms with Gasteiger partial charge in [0.1, 0.15) is 0 Å². The van der Waals surface area contributed by atoms with Gasteiger partial charge in [0, 0.05) is 0 Å². The number of esters is 1. The molecule has 1 fully saturated rings. The maximum atomic E-state index is 11.8. The van der Waals surface area contributed by atoms with E-state index < -0.39 is 0 Å². The normalized spacial score (nSPS) is 28.0. The van der Waals surface area contributed by atoms with Gasteiger partial charge in [0.25, 0.3) is 0 Å². The Bertz CT molecular complexity index is 565. The van der Waals surface area contributed by atoms with Crippen molar-refractivity contribution in [2.45, 2.75) is 18.3 Å². The molecule has 110 valence electrons. The molecule has 1 saturated heterocycles. The zero-order chi connectivity index (χ0) is 14.7. The Labute approximate surface area is 131 Å². The molecular weight excluding hydrogens is 331 g/mol. The predicted molar refractivity (Wildman–Crippen MR) is 82.3 cm³/mol. The molecule has 1 aromatic rings. The van der Waals surface area contributed by atoms with Gasteiger partial charge < -0.3 is 0 Å². The fourth-order valence-corrected chi connectivity index (χ4v) is 4.44. The molecule has 1 aromatic carbocycles. The first-order valence-electron chi connectivity index (χ1n) is 7.12. The summed E-state index contributed by atoms with van der Waals surface area (Å²) in [5.74, 6) is 0.858. The molecule has 0 aliphatic carbocycles. The van der Waals surface area contributed by atoms with Crippen molar-refractivity contribution in [2.24, 2.45) is 11.8 Å². The van der Waals surface area contributed by atoms with Gasteiger partial charge in [-0.1, -0.05) is 0 Å². The number of carbonyl (C=O) groups is 1. The monoisotopic (exact) mass is 350 g/mol. The molecule has 2 aliphatic rings. The van der Waals surface area contributed by atoms with Crippen LogP contribution in [0.25, 0.3) is 0 Å². The van der Waals surface area contributed by atoms with Crippen LogP contribution in [0.3, 0.4) is 0 Å². The van der Waals surface area contributed by atoms with E-state index in [1.807, 2.05) is 25.1 Å². The molecule has 3 nitrogen and oxygen atoms in total. The summed E-state index contributed by atoms with van der Waals surface area (Å²) in [6.07, 6.45) is 5.83. The zero-order valence-corrected chi connectivity index (χ0v) is 13.6. The summed E-state index contributed by atoms with van der Waals surface area (Å²) in [6, 6.07) is 10.5. The number of allylic oxidation sites excluding steroid dienone is 2. The number of hydrogen-bond donors (Lipinski definition) is 0. The first-order chi connectivity index (χ1) is 10.3. The number of rotatable bonds is 4. The summed E-state index contributed by atoms with van der Waals surface area (Å²) < 4.78 is 12.6. The third-order valence-electron chi connectivity index (χ3n) is 3.70. The van der Waals surface area contributed by atoms with E-state index in [-0.39, 0.29) is 23.9 Å². The minimum absolute atomic E-state index is 0.132.